The maximum absolute atomic E-state index is 10.8. The van der Waals surface area contributed by atoms with Gasteiger partial charge in [0.05, 0.1) is 7.11 Å². The molecule has 0 fully saturated rings. The number of hydrogen-bond acceptors (Lipinski definition) is 4. The van der Waals surface area contributed by atoms with Gasteiger partial charge in [-0.3, -0.25) is 4.79 Å². The minimum Gasteiger partial charge on any atom is -0.469 e. The van der Waals surface area contributed by atoms with Crippen LogP contribution in [0.1, 0.15) is 12.8 Å². The lowest BCUT2D eigenvalue weighted by Gasteiger charge is -2.11. The summed E-state index contributed by atoms with van der Waals surface area (Å²) in [4.78, 5) is 10.8. The molecule has 0 saturated carbocycles. The summed E-state index contributed by atoms with van der Waals surface area (Å²) < 4.78 is 9.41. The zero-order chi connectivity index (χ0) is 9.40. The van der Waals surface area contributed by atoms with Crippen molar-refractivity contribution in [2.45, 2.75) is 12.8 Å². The van der Waals surface area contributed by atoms with Gasteiger partial charge in [0, 0.05) is 20.1 Å². The molecular formula is C8H17NO3. The molecule has 1 atom stereocenters. The van der Waals surface area contributed by atoms with E-state index >= 15 is 0 Å². The third-order valence-electron chi connectivity index (χ3n) is 1.75. The molecule has 0 aliphatic carbocycles. The van der Waals surface area contributed by atoms with E-state index in [0.717, 1.165) is 6.42 Å². The first kappa shape index (κ1) is 11.4. The average Bonchev–Trinajstić information content (AvgIpc) is 2.11. The van der Waals surface area contributed by atoms with Crippen molar-refractivity contribution in [1.82, 2.24) is 0 Å². The summed E-state index contributed by atoms with van der Waals surface area (Å²) in [7, 11) is 3.01. The Kier molecular flexibility index (Phi) is 6.70. The van der Waals surface area contributed by atoms with Gasteiger partial charge in [0.25, 0.3) is 0 Å². The number of ether oxygens (including phenoxy) is 2. The molecule has 0 heterocycles. The monoisotopic (exact) mass is 175 g/mol. The number of carbonyl (C=O) groups is 1. The van der Waals surface area contributed by atoms with Crippen LogP contribution in [0.5, 0.6) is 0 Å². The third-order valence-corrected chi connectivity index (χ3v) is 1.75. The molecule has 0 radical (unpaired) electrons. The van der Waals surface area contributed by atoms with Crippen molar-refractivity contribution in [1.29, 1.82) is 0 Å². The first-order valence-electron chi connectivity index (χ1n) is 4.00. The highest BCUT2D eigenvalue weighted by Crippen LogP contribution is 2.07. The molecule has 0 aliphatic heterocycles. The Bertz CT molecular complexity index is 127. The largest absolute Gasteiger partial charge is 0.469 e. The molecule has 1 unspecified atom stereocenters. The van der Waals surface area contributed by atoms with Crippen molar-refractivity contribution >= 4 is 5.97 Å². The standard InChI is InChI=1S/C8H17NO3/c1-11-4-3-7(6-9)5-8(10)12-2/h7H,3-6,9H2,1-2H3. The van der Waals surface area contributed by atoms with Gasteiger partial charge in [0.15, 0.2) is 0 Å². The molecule has 0 aromatic rings. The van der Waals surface area contributed by atoms with Crippen LogP contribution in [-0.2, 0) is 14.3 Å². The molecular weight excluding hydrogens is 158 g/mol. The summed E-state index contributed by atoms with van der Waals surface area (Å²) in [6.07, 6.45) is 1.19. The van der Waals surface area contributed by atoms with Crippen molar-refractivity contribution < 1.29 is 14.3 Å². The molecule has 12 heavy (non-hydrogen) atoms. The quantitative estimate of drug-likeness (QED) is 0.584. The second kappa shape index (κ2) is 7.06. The third kappa shape index (κ3) is 5.09. The summed E-state index contributed by atoms with van der Waals surface area (Å²) >= 11 is 0. The Morgan fingerprint density at radius 3 is 2.58 bits per heavy atom. The maximum Gasteiger partial charge on any atom is 0.305 e. The van der Waals surface area contributed by atoms with E-state index in [1.54, 1.807) is 7.11 Å². The first-order valence-corrected chi connectivity index (χ1v) is 4.00. The number of carbonyl (C=O) groups excluding carboxylic acids is 1. The predicted molar refractivity (Wildman–Crippen MR) is 45.7 cm³/mol. The van der Waals surface area contributed by atoms with E-state index in [4.69, 9.17) is 10.5 Å². The summed E-state index contributed by atoms with van der Waals surface area (Å²) in [5.74, 6) is -0.0287. The van der Waals surface area contributed by atoms with Crippen LogP contribution >= 0.6 is 0 Å². The molecule has 0 saturated heterocycles. The van der Waals surface area contributed by atoms with Crippen molar-refractivity contribution in [2.75, 3.05) is 27.4 Å². The highest BCUT2D eigenvalue weighted by atomic mass is 16.5. The Hall–Kier alpha value is -0.610. The molecule has 4 nitrogen and oxygen atoms in total. The smallest absolute Gasteiger partial charge is 0.305 e. The van der Waals surface area contributed by atoms with Crippen LogP contribution in [0.3, 0.4) is 0 Å². The summed E-state index contributed by atoms with van der Waals surface area (Å²) in [6, 6.07) is 0. The second-order valence-corrected chi connectivity index (χ2v) is 2.66. The van der Waals surface area contributed by atoms with Crippen molar-refractivity contribution in [3.63, 3.8) is 0 Å². The normalized spacial score (nSPS) is 12.6. The second-order valence-electron chi connectivity index (χ2n) is 2.66. The first-order chi connectivity index (χ1) is 5.74. The minimum absolute atomic E-state index is 0.178. The van der Waals surface area contributed by atoms with E-state index in [1.807, 2.05) is 0 Å². The summed E-state index contributed by atoms with van der Waals surface area (Å²) in [5, 5.41) is 0. The number of methoxy groups -OCH3 is 2. The van der Waals surface area contributed by atoms with Crippen molar-refractivity contribution in [2.24, 2.45) is 11.7 Å². The maximum atomic E-state index is 10.8. The van der Waals surface area contributed by atoms with Crippen molar-refractivity contribution in [3.8, 4) is 0 Å². The van der Waals surface area contributed by atoms with Crippen LogP contribution in [0.15, 0.2) is 0 Å². The van der Waals surface area contributed by atoms with Crippen LogP contribution in [0.4, 0.5) is 0 Å². The van der Waals surface area contributed by atoms with Gasteiger partial charge in [-0.05, 0) is 18.9 Å². The van der Waals surface area contributed by atoms with Gasteiger partial charge in [-0.25, -0.2) is 0 Å². The highest BCUT2D eigenvalue weighted by Gasteiger charge is 2.11. The van der Waals surface area contributed by atoms with Crippen LogP contribution in [0.2, 0.25) is 0 Å². The Balaban J connectivity index is 3.59. The molecule has 0 aliphatic rings. The van der Waals surface area contributed by atoms with Gasteiger partial charge in [-0.2, -0.15) is 0 Å². The fraction of sp³-hybridized carbons (Fsp3) is 0.875. The zero-order valence-corrected chi connectivity index (χ0v) is 7.71. The SMILES string of the molecule is COCCC(CN)CC(=O)OC. The van der Waals surface area contributed by atoms with Gasteiger partial charge in [0.2, 0.25) is 0 Å². The van der Waals surface area contributed by atoms with Crippen LogP contribution in [0.25, 0.3) is 0 Å². The fourth-order valence-corrected chi connectivity index (χ4v) is 0.907. The predicted octanol–water partition coefficient (Wildman–Crippen LogP) is 0.161. The molecule has 0 bridgehead atoms. The fourth-order valence-electron chi connectivity index (χ4n) is 0.907. The molecule has 4 heteroatoms. The molecule has 0 aromatic heterocycles. The number of hydrogen-bond donors (Lipinski definition) is 1. The van der Waals surface area contributed by atoms with Gasteiger partial charge >= 0.3 is 5.97 Å². The van der Waals surface area contributed by atoms with E-state index in [0.29, 0.717) is 19.6 Å². The number of rotatable bonds is 6. The number of esters is 1. The lowest BCUT2D eigenvalue weighted by Crippen LogP contribution is -2.20. The number of nitrogens with two attached hydrogens (primary N) is 1. The van der Waals surface area contributed by atoms with E-state index in [1.165, 1.54) is 7.11 Å². The molecule has 0 aromatic carbocycles. The summed E-state index contributed by atoms with van der Waals surface area (Å²) in [6.45, 7) is 1.14. The average molecular weight is 175 g/mol. The van der Waals surface area contributed by atoms with E-state index in [-0.39, 0.29) is 11.9 Å². The molecule has 72 valence electrons. The Labute approximate surface area is 73.0 Å². The van der Waals surface area contributed by atoms with Crippen LogP contribution in [-0.4, -0.2) is 33.3 Å². The molecule has 0 spiro atoms. The molecule has 2 N–H and O–H groups in total. The van der Waals surface area contributed by atoms with Crippen molar-refractivity contribution in [3.05, 3.63) is 0 Å². The van der Waals surface area contributed by atoms with Gasteiger partial charge in [0.1, 0.15) is 0 Å². The summed E-state index contributed by atoms with van der Waals surface area (Å²) in [5.41, 5.74) is 5.45. The van der Waals surface area contributed by atoms with E-state index < -0.39 is 0 Å². The van der Waals surface area contributed by atoms with E-state index in [9.17, 15) is 4.79 Å². The minimum atomic E-state index is -0.207. The van der Waals surface area contributed by atoms with Crippen LogP contribution < -0.4 is 5.73 Å². The topological polar surface area (TPSA) is 61.5 Å². The molecule has 0 rings (SSSR count). The van der Waals surface area contributed by atoms with Gasteiger partial charge in [-0.1, -0.05) is 0 Å². The van der Waals surface area contributed by atoms with Gasteiger partial charge in [-0.15, -0.1) is 0 Å². The highest BCUT2D eigenvalue weighted by molar-refractivity contribution is 5.69. The molecule has 0 amide bonds. The lowest BCUT2D eigenvalue weighted by molar-refractivity contribution is -0.141. The Morgan fingerprint density at radius 1 is 1.50 bits per heavy atom. The van der Waals surface area contributed by atoms with E-state index in [2.05, 4.69) is 4.74 Å². The van der Waals surface area contributed by atoms with Gasteiger partial charge < -0.3 is 15.2 Å². The zero-order valence-electron chi connectivity index (χ0n) is 7.71. The Morgan fingerprint density at radius 2 is 2.17 bits per heavy atom. The van der Waals surface area contributed by atoms with Crippen LogP contribution in [0, 0.1) is 5.92 Å². The lowest BCUT2D eigenvalue weighted by atomic mass is 10.0.